The average molecular weight is 247 g/mol. The molecule has 0 aliphatic rings. The van der Waals surface area contributed by atoms with E-state index in [0.717, 1.165) is 0 Å². The Balaban J connectivity index is 3.11. The van der Waals surface area contributed by atoms with Crippen molar-refractivity contribution in [3.05, 3.63) is 23.8 Å². The van der Waals surface area contributed by atoms with Crippen LogP contribution in [0.15, 0.2) is 18.2 Å². The highest BCUT2D eigenvalue weighted by Crippen LogP contribution is 2.25. The van der Waals surface area contributed by atoms with Gasteiger partial charge in [0.25, 0.3) is 5.24 Å². The van der Waals surface area contributed by atoms with Crippen molar-refractivity contribution >= 4 is 32.3 Å². The lowest BCUT2D eigenvalue weighted by atomic mass is 10.2. The maximum atomic E-state index is 10.9. The van der Waals surface area contributed by atoms with Crippen molar-refractivity contribution in [3.63, 3.8) is 0 Å². The highest BCUT2D eigenvalue weighted by Gasteiger charge is 2.08. The monoisotopic (exact) mass is 246 g/mol. The van der Waals surface area contributed by atoms with Gasteiger partial charge in [-0.2, -0.15) is 0 Å². The van der Waals surface area contributed by atoms with Gasteiger partial charge in [0.1, 0.15) is 11.5 Å². The van der Waals surface area contributed by atoms with Crippen LogP contribution in [0.2, 0.25) is 0 Å². The smallest absolute Gasteiger partial charge is 0.308 e. The Bertz CT molecular complexity index is 405. The van der Waals surface area contributed by atoms with Crippen molar-refractivity contribution in [1.29, 1.82) is 0 Å². The van der Waals surface area contributed by atoms with Gasteiger partial charge in [-0.15, -0.1) is 0 Å². The third kappa shape index (κ3) is 3.50. The Hall–Kier alpha value is -1.12. The van der Waals surface area contributed by atoms with Crippen LogP contribution in [0.4, 0.5) is 0 Å². The molecule has 6 heteroatoms. The van der Waals surface area contributed by atoms with Crippen molar-refractivity contribution in [3.8, 4) is 11.5 Å². The average Bonchev–Trinajstić information content (AvgIpc) is 2.16. The van der Waals surface area contributed by atoms with Crippen LogP contribution in [0, 0.1) is 0 Å². The fraction of sp³-hybridized carbons (Fsp3) is 0.111. The van der Waals surface area contributed by atoms with Crippen molar-refractivity contribution in [2.75, 3.05) is 0 Å². The lowest BCUT2D eigenvalue weighted by molar-refractivity contribution is -0.131. The van der Waals surface area contributed by atoms with Gasteiger partial charge in [0.15, 0.2) is 0 Å². The summed E-state index contributed by atoms with van der Waals surface area (Å²) in [5.74, 6) is 0.0954. The normalized spacial score (nSPS) is 9.53. The number of benzene rings is 1. The van der Waals surface area contributed by atoms with E-state index in [1.807, 2.05) is 9.47 Å². The first kappa shape index (κ1) is 12.0. The van der Waals surface area contributed by atoms with E-state index in [9.17, 15) is 9.59 Å². The first-order valence-electron chi connectivity index (χ1n) is 3.93. The third-order valence-electron chi connectivity index (χ3n) is 1.50. The zero-order valence-electron chi connectivity index (χ0n) is 7.82. The summed E-state index contributed by atoms with van der Waals surface area (Å²) in [6.45, 7) is 1.26. The molecule has 1 aromatic carbocycles. The van der Waals surface area contributed by atoms with Gasteiger partial charge in [0, 0.05) is 18.6 Å². The topological polar surface area (TPSA) is 52.6 Å². The molecular weight excluding hydrogens is 239 g/mol. The fourth-order valence-electron chi connectivity index (χ4n) is 0.978. The van der Waals surface area contributed by atoms with Crippen molar-refractivity contribution in [1.82, 2.24) is 0 Å². The molecule has 0 fully saturated rings. The van der Waals surface area contributed by atoms with E-state index >= 15 is 0 Å². The molecule has 0 N–H and O–H groups in total. The van der Waals surface area contributed by atoms with Crippen molar-refractivity contribution < 1.29 is 18.8 Å². The molecule has 0 bridgehead atoms. The van der Waals surface area contributed by atoms with E-state index in [1.165, 1.54) is 25.1 Å². The fourth-order valence-corrected chi connectivity index (χ4v) is 1.22. The highest BCUT2D eigenvalue weighted by molar-refractivity contribution is 7.10. The van der Waals surface area contributed by atoms with Crippen molar-refractivity contribution in [2.45, 2.75) is 6.92 Å². The van der Waals surface area contributed by atoms with Gasteiger partial charge < -0.3 is 9.26 Å². The number of ether oxygens (including phenoxy) is 1. The minimum atomic E-state index is -0.646. The van der Waals surface area contributed by atoms with E-state index in [1.54, 1.807) is 0 Å². The highest BCUT2D eigenvalue weighted by atomic mass is 35.5. The van der Waals surface area contributed by atoms with Gasteiger partial charge in [0.05, 0.1) is 9.47 Å². The van der Waals surface area contributed by atoms with Gasteiger partial charge in [-0.1, -0.05) is 0 Å². The van der Waals surface area contributed by atoms with Gasteiger partial charge in [-0.05, 0) is 23.7 Å². The molecule has 0 spiro atoms. The zero-order chi connectivity index (χ0) is 11.4. The van der Waals surface area contributed by atoms with E-state index < -0.39 is 11.2 Å². The van der Waals surface area contributed by atoms with Crippen LogP contribution in [0.3, 0.4) is 0 Å². The summed E-state index contributed by atoms with van der Waals surface area (Å²) in [6.07, 6.45) is 0. The van der Waals surface area contributed by atoms with Gasteiger partial charge in [-0.3, -0.25) is 9.59 Å². The van der Waals surface area contributed by atoms with E-state index in [4.69, 9.17) is 20.9 Å². The quantitative estimate of drug-likeness (QED) is 0.355. The second-order valence-electron chi connectivity index (χ2n) is 2.68. The number of carbonyl (C=O) groups is 2. The van der Waals surface area contributed by atoms with E-state index in [2.05, 4.69) is 0 Å². The molecule has 0 aromatic heterocycles. The molecule has 4 nitrogen and oxygen atoms in total. The Morgan fingerprint density at radius 3 is 2.33 bits per heavy atom. The van der Waals surface area contributed by atoms with Crippen LogP contribution in [-0.2, 0) is 4.79 Å². The Morgan fingerprint density at radius 2 is 1.87 bits per heavy atom. The second-order valence-corrected chi connectivity index (χ2v) is 3.26. The summed E-state index contributed by atoms with van der Waals surface area (Å²) in [5, 5.41) is -0.646. The number of carbonyl (C=O) groups excluding carboxylic acids is 2. The van der Waals surface area contributed by atoms with Crippen LogP contribution in [0.25, 0.3) is 0 Å². The van der Waals surface area contributed by atoms with Crippen LogP contribution in [-0.4, -0.2) is 11.2 Å². The van der Waals surface area contributed by atoms with Gasteiger partial charge >= 0.3 is 5.97 Å². The van der Waals surface area contributed by atoms with Crippen LogP contribution < -0.4 is 9.26 Å². The number of hydrogen-bond donors (Lipinski definition) is 0. The minimum absolute atomic E-state index is 0.202. The molecule has 1 atom stereocenters. The van der Waals surface area contributed by atoms with Crippen LogP contribution in [0.5, 0.6) is 11.5 Å². The third-order valence-corrected chi connectivity index (χ3v) is 2.00. The molecule has 0 heterocycles. The Kier molecular flexibility index (Phi) is 4.06. The van der Waals surface area contributed by atoms with Gasteiger partial charge in [0.2, 0.25) is 0 Å². The van der Waals surface area contributed by atoms with Crippen molar-refractivity contribution in [2.24, 2.45) is 0 Å². The predicted octanol–water partition coefficient (Wildman–Crippen LogP) is 2.16. The predicted molar refractivity (Wildman–Crippen MR) is 58.3 cm³/mol. The lowest BCUT2D eigenvalue weighted by Gasteiger charge is -2.05. The molecule has 15 heavy (non-hydrogen) atoms. The number of hydrogen-bond acceptors (Lipinski definition) is 4. The van der Waals surface area contributed by atoms with Crippen LogP contribution >= 0.6 is 21.1 Å². The van der Waals surface area contributed by atoms with E-state index in [0.29, 0.717) is 5.75 Å². The van der Waals surface area contributed by atoms with Crippen LogP contribution in [0.1, 0.15) is 17.3 Å². The zero-order valence-corrected chi connectivity index (χ0v) is 9.73. The molecule has 1 unspecified atom stereocenters. The molecule has 0 saturated heterocycles. The molecule has 80 valence electrons. The minimum Gasteiger partial charge on any atom is -0.480 e. The summed E-state index contributed by atoms with van der Waals surface area (Å²) < 4.78 is 9.65. The molecule has 0 aliphatic carbocycles. The summed E-state index contributed by atoms with van der Waals surface area (Å²) in [5.41, 5.74) is 0.202. The number of esters is 1. The molecule has 0 radical (unpaired) electrons. The molecule has 0 amide bonds. The molecular formula is C9H8ClO4P. The summed E-state index contributed by atoms with van der Waals surface area (Å²) in [6, 6.07) is 4.27. The maximum absolute atomic E-state index is 10.9. The SMILES string of the molecule is CC(=O)Oc1cc(OP)cc(C(=O)Cl)c1. The largest absolute Gasteiger partial charge is 0.480 e. The summed E-state index contributed by atoms with van der Waals surface area (Å²) in [7, 11) is 2.02. The molecule has 1 aromatic rings. The Morgan fingerprint density at radius 1 is 1.27 bits per heavy atom. The maximum Gasteiger partial charge on any atom is 0.308 e. The lowest BCUT2D eigenvalue weighted by Crippen LogP contribution is -2.02. The summed E-state index contributed by atoms with van der Waals surface area (Å²) >= 11 is 5.30. The second kappa shape index (κ2) is 5.10. The summed E-state index contributed by atoms with van der Waals surface area (Å²) in [4.78, 5) is 21.6. The molecule has 1 rings (SSSR count). The molecule has 0 saturated carbocycles. The first-order valence-corrected chi connectivity index (χ1v) is 4.78. The first-order chi connectivity index (χ1) is 7.02. The van der Waals surface area contributed by atoms with Gasteiger partial charge in [-0.25, -0.2) is 0 Å². The van der Waals surface area contributed by atoms with E-state index in [-0.39, 0.29) is 11.3 Å². The standard InChI is InChI=1S/C9H8ClO4P/c1-5(11)13-7-2-6(9(10)12)3-8(4-7)14-15/h2-4H,15H2,1H3. The Labute approximate surface area is 93.8 Å². The molecule has 0 aliphatic heterocycles. The number of halogens is 1. The number of rotatable bonds is 3.